The summed E-state index contributed by atoms with van der Waals surface area (Å²) in [5.41, 5.74) is 0. The average Bonchev–Trinajstić information content (AvgIpc) is 1.35. The van der Waals surface area contributed by atoms with E-state index in [1.807, 2.05) is 0 Å². The van der Waals surface area contributed by atoms with E-state index in [0.717, 1.165) is 0 Å². The molecule has 0 aliphatic rings. The lowest BCUT2D eigenvalue weighted by Gasteiger charge is -1.94. The lowest BCUT2D eigenvalue weighted by Crippen LogP contribution is -2.06. The lowest BCUT2D eigenvalue weighted by molar-refractivity contribution is 0.471. The minimum atomic E-state index is -4.33. The van der Waals surface area contributed by atoms with Crippen LogP contribution in [0.15, 0.2) is 0 Å². The summed E-state index contributed by atoms with van der Waals surface area (Å²) >= 11 is 0. The summed E-state index contributed by atoms with van der Waals surface area (Å²) in [5.74, 6) is 0. The van der Waals surface area contributed by atoms with Gasteiger partial charge in [-0.15, -0.1) is 0 Å². The Kier molecular flexibility index (Phi) is 1.72. The van der Waals surface area contributed by atoms with Crippen LogP contribution in [0.25, 0.3) is 0 Å². The predicted molar refractivity (Wildman–Crippen MR) is 17.7 cm³/mol. The zero-order valence-corrected chi connectivity index (χ0v) is 4.40. The van der Waals surface area contributed by atoms with Gasteiger partial charge in [0.1, 0.15) is 0 Å². The molecule has 0 aliphatic heterocycles. The standard InChI is InChI=1S/H2O4SSi/c1-5(2,3)6-4/h4H,(H,1,2,3)/p-1. The van der Waals surface area contributed by atoms with Crippen LogP contribution in [0.1, 0.15) is 0 Å². The van der Waals surface area contributed by atoms with Crippen LogP contribution >= 0.6 is 0 Å². The summed E-state index contributed by atoms with van der Waals surface area (Å²) in [6.45, 7) is 0. The Hall–Kier alpha value is 0.0869. The monoisotopic (exact) mass is 125 g/mol. The highest BCUT2D eigenvalue weighted by Gasteiger charge is 1.88. The SMILES string of the molecule is O=S(=O)([O-])[Si]O. The second-order valence-electron chi connectivity index (χ2n) is 0.545. The van der Waals surface area contributed by atoms with Gasteiger partial charge in [-0.3, -0.25) is 0 Å². The van der Waals surface area contributed by atoms with Gasteiger partial charge in [-0.2, -0.15) is 0 Å². The molecule has 0 saturated heterocycles. The molecule has 36 valence electrons. The summed E-state index contributed by atoms with van der Waals surface area (Å²) in [6, 6.07) is 0. The predicted octanol–water partition coefficient (Wildman–Crippen LogP) is -1.94. The van der Waals surface area contributed by atoms with Gasteiger partial charge in [0.15, 0.2) is 0 Å². The van der Waals surface area contributed by atoms with Crippen molar-refractivity contribution in [1.29, 1.82) is 0 Å². The summed E-state index contributed by atoms with van der Waals surface area (Å²) in [4.78, 5) is 7.53. The van der Waals surface area contributed by atoms with Gasteiger partial charge in [-0.25, -0.2) is 8.42 Å². The second-order valence-corrected chi connectivity index (χ2v) is 3.68. The first-order valence-electron chi connectivity index (χ1n) is 0.928. The summed E-state index contributed by atoms with van der Waals surface area (Å²) in [6.07, 6.45) is 0. The molecule has 2 radical (unpaired) electrons. The van der Waals surface area contributed by atoms with Crippen molar-refractivity contribution >= 4 is 18.5 Å². The average molecular weight is 125 g/mol. The fraction of sp³-hybridized carbons (Fsp3) is 0. The minimum absolute atomic E-state index is 1.52. The zero-order valence-electron chi connectivity index (χ0n) is 2.58. The first-order valence-corrected chi connectivity index (χ1v) is 4.01. The Morgan fingerprint density at radius 2 is 1.83 bits per heavy atom. The van der Waals surface area contributed by atoms with Crippen molar-refractivity contribution in [3.63, 3.8) is 0 Å². The first-order chi connectivity index (χ1) is 2.56. The van der Waals surface area contributed by atoms with E-state index in [1.54, 1.807) is 0 Å². The molecule has 0 aromatic rings. The number of hydrogen-bond acceptors (Lipinski definition) is 4. The molecule has 0 rings (SSSR count). The molecule has 4 nitrogen and oxygen atoms in total. The maximum absolute atomic E-state index is 9.21. The molecule has 0 saturated carbocycles. The third kappa shape index (κ3) is 4.09. The van der Waals surface area contributed by atoms with Crippen molar-refractivity contribution < 1.29 is 17.8 Å². The van der Waals surface area contributed by atoms with E-state index in [9.17, 15) is 13.0 Å². The lowest BCUT2D eigenvalue weighted by atomic mass is 15.9. The van der Waals surface area contributed by atoms with Crippen LogP contribution in [-0.4, -0.2) is 26.7 Å². The van der Waals surface area contributed by atoms with E-state index in [-0.39, 0.29) is 0 Å². The largest absolute Gasteiger partial charge is 0.751 e. The van der Waals surface area contributed by atoms with E-state index in [1.165, 1.54) is 0 Å². The Labute approximate surface area is 37.1 Å². The van der Waals surface area contributed by atoms with Crippen molar-refractivity contribution in [3.8, 4) is 0 Å². The Morgan fingerprint density at radius 3 is 1.83 bits per heavy atom. The van der Waals surface area contributed by atoms with Crippen LogP contribution in [0.4, 0.5) is 0 Å². The Morgan fingerprint density at radius 1 is 1.67 bits per heavy atom. The number of rotatable bonds is 1. The molecule has 0 fully saturated rings. The van der Waals surface area contributed by atoms with Crippen LogP contribution in [-0.2, 0) is 9.57 Å². The quantitative estimate of drug-likeness (QED) is 0.326. The van der Waals surface area contributed by atoms with Gasteiger partial charge in [0.25, 0.3) is 0 Å². The summed E-state index contributed by atoms with van der Waals surface area (Å²) < 4.78 is 27.6. The zero-order chi connectivity index (χ0) is 5.21. The third-order valence-electron chi connectivity index (χ3n) is 0.112. The number of hydrogen-bond donors (Lipinski definition) is 1. The van der Waals surface area contributed by atoms with Gasteiger partial charge < -0.3 is 9.35 Å². The van der Waals surface area contributed by atoms with Crippen molar-refractivity contribution in [1.82, 2.24) is 0 Å². The molecule has 6 heteroatoms. The van der Waals surface area contributed by atoms with Crippen LogP contribution < -0.4 is 0 Å². The molecule has 0 aromatic carbocycles. The second kappa shape index (κ2) is 1.69. The van der Waals surface area contributed by atoms with Crippen LogP contribution in [0.2, 0.25) is 0 Å². The van der Waals surface area contributed by atoms with Crippen LogP contribution in [0, 0.1) is 0 Å². The van der Waals surface area contributed by atoms with Crippen molar-refractivity contribution in [2.75, 3.05) is 0 Å². The molecule has 0 aromatic heterocycles. The minimum Gasteiger partial charge on any atom is -0.751 e. The maximum atomic E-state index is 9.21. The highest BCUT2D eigenvalue weighted by Crippen LogP contribution is 1.66. The van der Waals surface area contributed by atoms with Gasteiger partial charge in [0.2, 0.25) is 0 Å². The fourth-order valence-electron chi connectivity index (χ4n) is 0. The van der Waals surface area contributed by atoms with E-state index in [4.69, 9.17) is 4.80 Å². The van der Waals surface area contributed by atoms with Gasteiger partial charge in [0, 0.05) is 0 Å². The smallest absolute Gasteiger partial charge is 0.373 e. The van der Waals surface area contributed by atoms with Gasteiger partial charge in [-0.1, -0.05) is 0 Å². The summed E-state index contributed by atoms with van der Waals surface area (Å²) in [7, 11) is -5.84. The van der Waals surface area contributed by atoms with Gasteiger partial charge in [-0.05, 0) is 0 Å². The molecule has 0 aliphatic carbocycles. The molecular weight excluding hydrogens is 124 g/mol. The summed E-state index contributed by atoms with van der Waals surface area (Å²) in [5, 5.41) is 0. The van der Waals surface area contributed by atoms with Crippen molar-refractivity contribution in [3.05, 3.63) is 0 Å². The van der Waals surface area contributed by atoms with E-state index >= 15 is 0 Å². The van der Waals surface area contributed by atoms with E-state index in [0.29, 0.717) is 0 Å². The molecule has 0 heterocycles. The van der Waals surface area contributed by atoms with Crippen LogP contribution in [0.5, 0.6) is 0 Å². The molecule has 0 spiro atoms. The van der Waals surface area contributed by atoms with Crippen molar-refractivity contribution in [2.24, 2.45) is 0 Å². The third-order valence-corrected chi connectivity index (χ3v) is 1.01. The molecular formula is HO4SSi-. The Bertz CT molecular complexity index is 110. The van der Waals surface area contributed by atoms with Gasteiger partial charge in [0.05, 0.1) is 9.57 Å². The Balaban J connectivity index is 3.85. The molecule has 6 heavy (non-hydrogen) atoms. The molecule has 0 amide bonds. The van der Waals surface area contributed by atoms with Crippen LogP contribution in [0.3, 0.4) is 0 Å². The fourth-order valence-corrected chi connectivity index (χ4v) is 0. The van der Waals surface area contributed by atoms with E-state index in [2.05, 4.69) is 0 Å². The highest BCUT2D eigenvalue weighted by molar-refractivity contribution is 8.09. The highest BCUT2D eigenvalue weighted by atomic mass is 32.4. The molecule has 0 bridgehead atoms. The van der Waals surface area contributed by atoms with Crippen molar-refractivity contribution in [2.45, 2.75) is 0 Å². The van der Waals surface area contributed by atoms with E-state index < -0.39 is 18.5 Å². The molecule has 1 N–H and O–H groups in total. The van der Waals surface area contributed by atoms with Gasteiger partial charge >= 0.3 is 8.91 Å². The maximum Gasteiger partial charge on any atom is 0.373 e. The topological polar surface area (TPSA) is 77.4 Å². The first kappa shape index (κ1) is 6.09. The normalized spacial score (nSPS) is 11.7. The molecule has 0 atom stereocenters. The molecule has 0 unspecified atom stereocenters.